The summed E-state index contributed by atoms with van der Waals surface area (Å²) in [4.78, 5) is 24.4. The fourth-order valence-electron chi connectivity index (χ4n) is 2.18. The first kappa shape index (κ1) is 20.6. The number of benzene rings is 2. The highest BCUT2D eigenvalue weighted by molar-refractivity contribution is 8.01. The summed E-state index contributed by atoms with van der Waals surface area (Å²) >= 11 is 14.3. The molecule has 28 heavy (non-hydrogen) atoms. The van der Waals surface area contributed by atoms with Gasteiger partial charge in [0.2, 0.25) is 11.0 Å². The van der Waals surface area contributed by atoms with E-state index in [4.69, 9.17) is 23.2 Å². The quantitative estimate of drug-likeness (QED) is 0.399. The van der Waals surface area contributed by atoms with Crippen LogP contribution in [0.25, 0.3) is 0 Å². The predicted molar refractivity (Wildman–Crippen MR) is 115 cm³/mol. The van der Waals surface area contributed by atoms with Crippen molar-refractivity contribution in [3.8, 4) is 0 Å². The molecule has 0 aliphatic heterocycles. The number of para-hydroxylation sites is 1. The smallest absolute Gasteiger partial charge is 0.259 e. The second kappa shape index (κ2) is 9.38. The van der Waals surface area contributed by atoms with Gasteiger partial charge in [-0.05, 0) is 36.8 Å². The molecule has 0 fully saturated rings. The maximum absolute atomic E-state index is 12.3. The van der Waals surface area contributed by atoms with Crippen LogP contribution in [-0.2, 0) is 4.79 Å². The SMILES string of the molecule is Cc1ccccc1NC(=O)CSc1nnc(NC(=O)c2cc(Cl)ccc2Cl)s1. The highest BCUT2D eigenvalue weighted by atomic mass is 35.5. The van der Waals surface area contributed by atoms with Gasteiger partial charge in [-0.3, -0.25) is 14.9 Å². The van der Waals surface area contributed by atoms with Gasteiger partial charge in [0.25, 0.3) is 5.91 Å². The van der Waals surface area contributed by atoms with E-state index in [9.17, 15) is 9.59 Å². The van der Waals surface area contributed by atoms with Crippen molar-refractivity contribution in [2.45, 2.75) is 11.3 Å². The summed E-state index contributed by atoms with van der Waals surface area (Å²) in [5, 5.41) is 14.4. The van der Waals surface area contributed by atoms with E-state index in [2.05, 4.69) is 20.8 Å². The molecule has 0 aliphatic carbocycles. The van der Waals surface area contributed by atoms with Crippen molar-refractivity contribution in [2.75, 3.05) is 16.4 Å². The zero-order valence-corrected chi connectivity index (χ0v) is 17.7. The third kappa shape index (κ3) is 5.45. The lowest BCUT2D eigenvalue weighted by Gasteiger charge is -2.06. The topological polar surface area (TPSA) is 84.0 Å². The fourth-order valence-corrected chi connectivity index (χ4v) is 4.10. The van der Waals surface area contributed by atoms with Crippen molar-refractivity contribution in [1.82, 2.24) is 10.2 Å². The molecule has 0 radical (unpaired) electrons. The zero-order chi connectivity index (χ0) is 20.1. The Kier molecular flexibility index (Phi) is 6.90. The number of carbonyl (C=O) groups is 2. The molecule has 0 atom stereocenters. The van der Waals surface area contributed by atoms with Crippen LogP contribution in [0.2, 0.25) is 10.0 Å². The van der Waals surface area contributed by atoms with Gasteiger partial charge in [0.05, 0.1) is 16.3 Å². The standard InChI is InChI=1S/C18H14Cl2N4O2S2/c1-10-4-2-3-5-14(10)21-15(25)9-27-18-24-23-17(28-18)22-16(26)12-8-11(19)6-7-13(12)20/h2-8H,9H2,1H3,(H,21,25)(H,22,23,26). The molecule has 3 aromatic rings. The first-order valence-corrected chi connectivity index (χ1v) is 10.6. The van der Waals surface area contributed by atoms with Gasteiger partial charge in [-0.2, -0.15) is 0 Å². The van der Waals surface area contributed by atoms with Gasteiger partial charge in [0.1, 0.15) is 0 Å². The normalized spacial score (nSPS) is 10.5. The van der Waals surface area contributed by atoms with Crippen LogP contribution in [0.3, 0.4) is 0 Å². The summed E-state index contributed by atoms with van der Waals surface area (Å²) in [6.45, 7) is 1.93. The third-order valence-corrected chi connectivity index (χ3v) is 6.08. The molecule has 2 amide bonds. The highest BCUT2D eigenvalue weighted by Gasteiger charge is 2.15. The van der Waals surface area contributed by atoms with Crippen molar-refractivity contribution in [3.63, 3.8) is 0 Å². The lowest BCUT2D eigenvalue weighted by Crippen LogP contribution is -2.14. The predicted octanol–water partition coefficient (Wildman–Crippen LogP) is 5.14. The number of nitrogens with zero attached hydrogens (tertiary/aromatic N) is 2. The summed E-state index contributed by atoms with van der Waals surface area (Å²) in [5.74, 6) is -0.403. The molecule has 3 rings (SSSR count). The van der Waals surface area contributed by atoms with Crippen LogP contribution in [-0.4, -0.2) is 27.8 Å². The van der Waals surface area contributed by atoms with Crippen molar-refractivity contribution < 1.29 is 9.59 Å². The average Bonchev–Trinajstić information content (AvgIpc) is 3.11. The Balaban J connectivity index is 1.55. The molecule has 0 unspecified atom stereocenters. The van der Waals surface area contributed by atoms with E-state index >= 15 is 0 Å². The van der Waals surface area contributed by atoms with Gasteiger partial charge in [-0.1, -0.05) is 64.5 Å². The van der Waals surface area contributed by atoms with Gasteiger partial charge >= 0.3 is 0 Å². The molecule has 10 heteroatoms. The highest BCUT2D eigenvalue weighted by Crippen LogP contribution is 2.27. The molecule has 6 nitrogen and oxygen atoms in total. The number of carbonyl (C=O) groups excluding carboxylic acids is 2. The minimum atomic E-state index is -0.433. The number of nitrogens with one attached hydrogen (secondary N) is 2. The summed E-state index contributed by atoms with van der Waals surface area (Å²) in [7, 11) is 0. The van der Waals surface area contributed by atoms with E-state index in [1.807, 2.05) is 31.2 Å². The van der Waals surface area contributed by atoms with Gasteiger partial charge in [0.15, 0.2) is 4.34 Å². The first-order valence-electron chi connectivity index (χ1n) is 8.00. The van der Waals surface area contributed by atoms with Gasteiger partial charge < -0.3 is 5.32 Å². The van der Waals surface area contributed by atoms with Crippen LogP contribution >= 0.6 is 46.3 Å². The molecule has 0 aliphatic rings. The van der Waals surface area contributed by atoms with E-state index in [0.29, 0.717) is 14.5 Å². The number of amides is 2. The fraction of sp³-hybridized carbons (Fsp3) is 0.111. The number of rotatable bonds is 6. The number of hydrogen-bond donors (Lipinski definition) is 2. The second-order valence-electron chi connectivity index (χ2n) is 5.60. The lowest BCUT2D eigenvalue weighted by atomic mass is 10.2. The third-order valence-electron chi connectivity index (χ3n) is 3.55. The van der Waals surface area contributed by atoms with E-state index in [1.54, 1.807) is 12.1 Å². The van der Waals surface area contributed by atoms with Crippen LogP contribution in [0.5, 0.6) is 0 Å². The Morgan fingerprint density at radius 1 is 1.11 bits per heavy atom. The van der Waals surface area contributed by atoms with E-state index in [1.165, 1.54) is 29.2 Å². The van der Waals surface area contributed by atoms with Crippen LogP contribution in [0, 0.1) is 6.92 Å². The Hall–Kier alpha value is -2.13. The summed E-state index contributed by atoms with van der Waals surface area (Å²) in [6, 6.07) is 12.2. The second-order valence-corrected chi connectivity index (χ2v) is 8.65. The molecule has 0 spiro atoms. The Labute approximate surface area is 179 Å². The van der Waals surface area contributed by atoms with Gasteiger partial charge in [-0.25, -0.2) is 0 Å². The molecule has 1 heterocycles. The molecule has 0 saturated carbocycles. The Morgan fingerprint density at radius 2 is 1.89 bits per heavy atom. The maximum Gasteiger partial charge on any atom is 0.259 e. The van der Waals surface area contributed by atoms with E-state index < -0.39 is 5.91 Å². The molecular formula is C18H14Cl2N4O2S2. The monoisotopic (exact) mass is 452 g/mol. The molecule has 2 N–H and O–H groups in total. The molecular weight excluding hydrogens is 439 g/mol. The largest absolute Gasteiger partial charge is 0.325 e. The van der Waals surface area contributed by atoms with Crippen LogP contribution < -0.4 is 10.6 Å². The van der Waals surface area contributed by atoms with Crippen LogP contribution in [0.1, 0.15) is 15.9 Å². The average molecular weight is 453 g/mol. The molecule has 144 valence electrons. The lowest BCUT2D eigenvalue weighted by molar-refractivity contribution is -0.113. The maximum atomic E-state index is 12.3. The van der Waals surface area contributed by atoms with Gasteiger partial charge in [0, 0.05) is 10.7 Å². The Morgan fingerprint density at radius 3 is 2.68 bits per heavy atom. The molecule has 1 aromatic heterocycles. The number of anilines is 2. The molecule has 0 saturated heterocycles. The number of thioether (sulfide) groups is 1. The minimum absolute atomic E-state index is 0.147. The molecule has 0 bridgehead atoms. The number of halogens is 2. The van der Waals surface area contributed by atoms with E-state index in [0.717, 1.165) is 11.3 Å². The van der Waals surface area contributed by atoms with Crippen LogP contribution in [0.15, 0.2) is 46.8 Å². The number of aromatic nitrogens is 2. The van der Waals surface area contributed by atoms with Crippen molar-refractivity contribution in [3.05, 3.63) is 63.6 Å². The number of aryl methyl sites for hydroxylation is 1. The van der Waals surface area contributed by atoms with Crippen LogP contribution in [0.4, 0.5) is 10.8 Å². The zero-order valence-electron chi connectivity index (χ0n) is 14.5. The molecule has 2 aromatic carbocycles. The number of hydrogen-bond acceptors (Lipinski definition) is 6. The Bertz CT molecular complexity index is 1030. The first-order chi connectivity index (χ1) is 13.4. The van der Waals surface area contributed by atoms with Crippen molar-refractivity contribution in [2.24, 2.45) is 0 Å². The van der Waals surface area contributed by atoms with E-state index in [-0.39, 0.29) is 22.2 Å². The van der Waals surface area contributed by atoms with Crippen molar-refractivity contribution in [1.29, 1.82) is 0 Å². The van der Waals surface area contributed by atoms with Gasteiger partial charge in [-0.15, -0.1) is 10.2 Å². The summed E-state index contributed by atoms with van der Waals surface area (Å²) < 4.78 is 0.562. The summed E-state index contributed by atoms with van der Waals surface area (Å²) in [6.07, 6.45) is 0. The minimum Gasteiger partial charge on any atom is -0.325 e. The summed E-state index contributed by atoms with van der Waals surface area (Å²) in [5.41, 5.74) is 2.01. The van der Waals surface area contributed by atoms with Crippen molar-refractivity contribution >= 4 is 68.9 Å².